The smallest absolute Gasteiger partial charge is 0.326 e. The number of aliphatic carboxylic acids is 1. The van der Waals surface area contributed by atoms with Gasteiger partial charge in [0.15, 0.2) is 11.5 Å². The molecule has 7 nitrogen and oxygen atoms in total. The van der Waals surface area contributed by atoms with Crippen LogP contribution in [0.15, 0.2) is 42.5 Å². The van der Waals surface area contributed by atoms with Crippen LogP contribution in [0.3, 0.4) is 0 Å². The molecule has 0 saturated heterocycles. The maximum atomic E-state index is 13.3. The number of carboxylic acid groups (broad SMARTS) is 1. The van der Waals surface area contributed by atoms with Gasteiger partial charge >= 0.3 is 5.97 Å². The molecule has 3 aromatic rings. The first-order valence-electron chi connectivity index (χ1n) is 9.27. The number of nitrogens with zero attached hydrogens (tertiary/aromatic N) is 2. The van der Waals surface area contributed by atoms with Gasteiger partial charge in [-0.25, -0.2) is 4.79 Å². The van der Waals surface area contributed by atoms with E-state index in [2.05, 4.69) is 0 Å². The van der Waals surface area contributed by atoms with Crippen molar-refractivity contribution in [2.45, 2.75) is 19.0 Å². The average Bonchev–Trinajstić information content (AvgIpc) is 3.03. The van der Waals surface area contributed by atoms with E-state index in [0.717, 1.165) is 22.2 Å². The van der Waals surface area contributed by atoms with Crippen molar-refractivity contribution in [1.82, 2.24) is 9.47 Å². The molecule has 1 N–H and O–H groups in total. The highest BCUT2D eigenvalue weighted by molar-refractivity contribution is 5.98. The number of carbonyl (C=O) groups excluding carboxylic acids is 1. The Balaban J connectivity index is 1.77. The van der Waals surface area contributed by atoms with Crippen LogP contribution in [0.25, 0.3) is 10.9 Å². The normalized spacial score (nSPS) is 15.8. The zero-order valence-corrected chi connectivity index (χ0v) is 16.5. The second kappa shape index (κ2) is 7.16. The van der Waals surface area contributed by atoms with E-state index >= 15 is 0 Å². The fourth-order valence-corrected chi connectivity index (χ4v) is 4.10. The van der Waals surface area contributed by atoms with Crippen LogP contribution in [-0.4, -0.2) is 46.7 Å². The molecule has 1 unspecified atom stereocenters. The van der Waals surface area contributed by atoms with Crippen molar-refractivity contribution in [2.75, 3.05) is 14.2 Å². The van der Waals surface area contributed by atoms with Crippen LogP contribution in [0.1, 0.15) is 21.6 Å². The summed E-state index contributed by atoms with van der Waals surface area (Å²) in [7, 11) is 4.96. The molecular formula is C22H22N2O5. The van der Waals surface area contributed by atoms with Gasteiger partial charge in [0.2, 0.25) is 0 Å². The lowest BCUT2D eigenvalue weighted by Crippen LogP contribution is -2.48. The molecule has 0 spiro atoms. The number of amides is 1. The van der Waals surface area contributed by atoms with Gasteiger partial charge in [0.05, 0.1) is 20.8 Å². The summed E-state index contributed by atoms with van der Waals surface area (Å²) in [5.74, 6) is -0.437. The molecule has 7 heteroatoms. The molecule has 1 atom stereocenters. The SMILES string of the molecule is COc1ccc(C(=O)N2Cc3c(c4ccccc4n3C)CC2C(=O)O)cc1OC. The molecule has 2 aromatic carbocycles. The summed E-state index contributed by atoms with van der Waals surface area (Å²) in [6.07, 6.45) is 0.269. The number of aryl methyl sites for hydroxylation is 1. The Bertz CT molecular complexity index is 1120. The lowest BCUT2D eigenvalue weighted by molar-refractivity contribution is -0.142. The van der Waals surface area contributed by atoms with Gasteiger partial charge in [-0.05, 0) is 29.8 Å². The van der Waals surface area contributed by atoms with Gasteiger partial charge in [-0.15, -0.1) is 0 Å². The third-order valence-electron chi connectivity index (χ3n) is 5.61. The Morgan fingerprint density at radius 1 is 1.07 bits per heavy atom. The second-order valence-corrected chi connectivity index (χ2v) is 7.06. The summed E-state index contributed by atoms with van der Waals surface area (Å²) in [4.78, 5) is 26.7. The number of aromatic nitrogens is 1. The summed E-state index contributed by atoms with van der Waals surface area (Å²) in [6.45, 7) is 0.227. The molecule has 1 aliphatic heterocycles. The number of rotatable bonds is 4. The number of methoxy groups -OCH3 is 2. The third-order valence-corrected chi connectivity index (χ3v) is 5.61. The highest BCUT2D eigenvalue weighted by Gasteiger charge is 2.37. The van der Waals surface area contributed by atoms with E-state index in [9.17, 15) is 14.7 Å². The Morgan fingerprint density at radius 3 is 2.48 bits per heavy atom. The summed E-state index contributed by atoms with van der Waals surface area (Å²) < 4.78 is 12.6. The van der Waals surface area contributed by atoms with Crippen LogP contribution < -0.4 is 9.47 Å². The number of fused-ring (bicyclic) bond motifs is 3. The van der Waals surface area contributed by atoms with Crippen LogP contribution in [0, 0.1) is 0 Å². The molecule has 0 radical (unpaired) electrons. The van der Waals surface area contributed by atoms with E-state index in [1.165, 1.54) is 19.1 Å². The van der Waals surface area contributed by atoms with Crippen LogP contribution in [0.4, 0.5) is 0 Å². The van der Waals surface area contributed by atoms with Crippen molar-refractivity contribution in [3.63, 3.8) is 0 Å². The van der Waals surface area contributed by atoms with Crippen LogP contribution in [0.2, 0.25) is 0 Å². The molecule has 0 bridgehead atoms. The Labute approximate surface area is 168 Å². The summed E-state index contributed by atoms with van der Waals surface area (Å²) >= 11 is 0. The fourth-order valence-electron chi connectivity index (χ4n) is 4.10. The van der Waals surface area contributed by atoms with E-state index in [0.29, 0.717) is 17.1 Å². The van der Waals surface area contributed by atoms with Crippen LogP contribution in [0.5, 0.6) is 11.5 Å². The largest absolute Gasteiger partial charge is 0.493 e. The minimum atomic E-state index is -1.02. The molecule has 0 fully saturated rings. The third kappa shape index (κ3) is 2.99. The van der Waals surface area contributed by atoms with E-state index in [-0.39, 0.29) is 18.9 Å². The molecule has 4 rings (SSSR count). The minimum Gasteiger partial charge on any atom is -0.493 e. The maximum Gasteiger partial charge on any atom is 0.326 e. The molecule has 1 amide bonds. The average molecular weight is 394 g/mol. The standard InChI is InChI=1S/C22H22N2O5/c1-23-16-7-5-4-6-14(16)15-11-17(22(26)27)24(12-18(15)23)21(25)13-8-9-19(28-2)20(10-13)29-3/h4-10,17H,11-12H2,1-3H3,(H,26,27). The molecule has 29 heavy (non-hydrogen) atoms. The highest BCUT2D eigenvalue weighted by atomic mass is 16.5. The predicted molar refractivity (Wildman–Crippen MR) is 107 cm³/mol. The van der Waals surface area contributed by atoms with Gasteiger partial charge in [0.1, 0.15) is 6.04 Å². The van der Waals surface area contributed by atoms with Crippen molar-refractivity contribution < 1.29 is 24.2 Å². The lowest BCUT2D eigenvalue weighted by Gasteiger charge is -2.34. The summed E-state index contributed by atoms with van der Waals surface area (Å²) in [5, 5.41) is 10.9. The van der Waals surface area contributed by atoms with Gasteiger partial charge in [0.25, 0.3) is 5.91 Å². The zero-order valence-electron chi connectivity index (χ0n) is 16.5. The molecule has 0 saturated carbocycles. The number of carbonyl (C=O) groups is 2. The number of benzene rings is 2. The molecule has 2 heterocycles. The summed E-state index contributed by atoms with van der Waals surface area (Å²) in [5.41, 5.74) is 3.34. The van der Waals surface area contributed by atoms with E-state index in [1.807, 2.05) is 35.9 Å². The van der Waals surface area contributed by atoms with Crippen molar-refractivity contribution in [3.8, 4) is 11.5 Å². The molecule has 150 valence electrons. The van der Waals surface area contributed by atoms with Gasteiger partial charge in [-0.2, -0.15) is 0 Å². The number of ether oxygens (including phenoxy) is 2. The van der Waals surface area contributed by atoms with Gasteiger partial charge in [0, 0.05) is 35.6 Å². The van der Waals surface area contributed by atoms with Crippen LogP contribution in [-0.2, 0) is 24.8 Å². The quantitative estimate of drug-likeness (QED) is 0.736. The van der Waals surface area contributed by atoms with E-state index in [1.54, 1.807) is 18.2 Å². The van der Waals surface area contributed by atoms with Crippen molar-refractivity contribution in [3.05, 3.63) is 59.3 Å². The van der Waals surface area contributed by atoms with Crippen molar-refractivity contribution >= 4 is 22.8 Å². The first-order chi connectivity index (χ1) is 14.0. The van der Waals surface area contributed by atoms with Crippen LogP contribution >= 0.6 is 0 Å². The molecule has 0 aliphatic carbocycles. The lowest BCUT2D eigenvalue weighted by atomic mass is 9.95. The maximum absolute atomic E-state index is 13.3. The second-order valence-electron chi connectivity index (χ2n) is 7.06. The van der Waals surface area contributed by atoms with Crippen molar-refractivity contribution in [2.24, 2.45) is 7.05 Å². The fraction of sp³-hybridized carbons (Fsp3) is 0.273. The molecule has 1 aromatic heterocycles. The predicted octanol–water partition coefficient (Wildman–Crippen LogP) is 2.85. The van der Waals surface area contributed by atoms with Gasteiger partial charge in [-0.1, -0.05) is 18.2 Å². The molecular weight excluding hydrogens is 372 g/mol. The first-order valence-corrected chi connectivity index (χ1v) is 9.27. The van der Waals surface area contributed by atoms with E-state index in [4.69, 9.17) is 9.47 Å². The first kappa shape index (κ1) is 18.9. The topological polar surface area (TPSA) is 81.0 Å². The van der Waals surface area contributed by atoms with Gasteiger partial charge in [-0.3, -0.25) is 4.79 Å². The Kier molecular flexibility index (Phi) is 4.66. The Morgan fingerprint density at radius 2 is 1.79 bits per heavy atom. The zero-order chi connectivity index (χ0) is 20.7. The number of carboxylic acids is 1. The Hall–Kier alpha value is -3.48. The number of para-hydroxylation sites is 1. The molecule has 1 aliphatic rings. The van der Waals surface area contributed by atoms with Crippen molar-refractivity contribution in [1.29, 1.82) is 0 Å². The number of hydrogen-bond acceptors (Lipinski definition) is 4. The summed E-state index contributed by atoms with van der Waals surface area (Å²) in [6, 6.07) is 11.8. The van der Waals surface area contributed by atoms with Gasteiger partial charge < -0.3 is 24.0 Å². The minimum absolute atomic E-state index is 0.227. The number of hydrogen-bond donors (Lipinski definition) is 1. The van der Waals surface area contributed by atoms with E-state index < -0.39 is 12.0 Å². The highest BCUT2D eigenvalue weighted by Crippen LogP contribution is 2.34. The monoisotopic (exact) mass is 394 g/mol.